The Morgan fingerprint density at radius 1 is 1.07 bits per heavy atom. The molecule has 0 spiro atoms. The number of carbonyl (C=O) groups excluding carboxylic acids is 2. The maximum Gasteiger partial charge on any atom is 0.337 e. The van der Waals surface area contributed by atoms with Crippen LogP contribution in [0.2, 0.25) is 0 Å². The Bertz CT molecular complexity index is 1020. The average Bonchev–Trinajstić information content (AvgIpc) is 3.23. The summed E-state index contributed by atoms with van der Waals surface area (Å²) in [5.41, 5.74) is 5.85. The van der Waals surface area contributed by atoms with E-state index in [1.165, 1.54) is 18.9 Å². The third-order valence-electron chi connectivity index (χ3n) is 4.37. The van der Waals surface area contributed by atoms with E-state index in [-0.39, 0.29) is 12.3 Å². The van der Waals surface area contributed by atoms with E-state index >= 15 is 0 Å². The lowest BCUT2D eigenvalue weighted by Crippen LogP contribution is -2.19. The molecule has 0 atom stereocenters. The molecule has 1 aromatic heterocycles. The van der Waals surface area contributed by atoms with Crippen LogP contribution < -0.4 is 5.43 Å². The highest BCUT2D eigenvalue weighted by molar-refractivity contribution is 5.90. The Hall–Kier alpha value is -3.67. The molecule has 0 radical (unpaired) electrons. The molecule has 1 amide bonds. The lowest BCUT2D eigenvalue weighted by molar-refractivity contribution is -0.120. The molecular weight excluding hydrogens is 368 g/mol. The standard InChI is InChI=1S/C23H22N2O4/c1-3-16-7-9-17(10-8-16)13-22(26)25-24-15-20-11-12-21(29-20)18-5-4-6-19(14-18)23(27)28-2/h4-12,14-15H,3,13H2,1-2H3,(H,25,26)/b24-15-. The van der Waals surface area contributed by atoms with Crippen LogP contribution in [0, 0.1) is 0 Å². The number of ether oxygens (including phenoxy) is 1. The molecule has 2 aromatic carbocycles. The molecule has 148 valence electrons. The number of amides is 1. The second-order valence-corrected chi connectivity index (χ2v) is 6.41. The van der Waals surface area contributed by atoms with Gasteiger partial charge < -0.3 is 9.15 Å². The predicted octanol–water partition coefficient (Wildman–Crippen LogP) is 3.99. The fraction of sp³-hybridized carbons (Fsp3) is 0.174. The van der Waals surface area contributed by atoms with Crippen molar-refractivity contribution in [1.29, 1.82) is 0 Å². The first-order valence-corrected chi connectivity index (χ1v) is 9.27. The first-order valence-electron chi connectivity index (χ1n) is 9.27. The minimum Gasteiger partial charge on any atom is -0.465 e. The fourth-order valence-corrected chi connectivity index (χ4v) is 2.78. The van der Waals surface area contributed by atoms with Gasteiger partial charge in [-0.3, -0.25) is 4.79 Å². The van der Waals surface area contributed by atoms with Crippen LogP contribution in [-0.4, -0.2) is 25.2 Å². The van der Waals surface area contributed by atoms with Gasteiger partial charge >= 0.3 is 5.97 Å². The number of nitrogens with one attached hydrogen (secondary N) is 1. The molecule has 1 N–H and O–H groups in total. The summed E-state index contributed by atoms with van der Waals surface area (Å²) in [4.78, 5) is 23.7. The van der Waals surface area contributed by atoms with Crippen LogP contribution >= 0.6 is 0 Å². The van der Waals surface area contributed by atoms with E-state index in [1.54, 1.807) is 30.3 Å². The SMILES string of the molecule is CCc1ccc(CC(=O)N/N=C\c2ccc(-c3cccc(C(=O)OC)c3)o2)cc1. The highest BCUT2D eigenvalue weighted by atomic mass is 16.5. The largest absolute Gasteiger partial charge is 0.465 e. The van der Waals surface area contributed by atoms with Crippen molar-refractivity contribution in [3.8, 4) is 11.3 Å². The Kier molecular flexibility index (Phi) is 6.58. The van der Waals surface area contributed by atoms with Crippen LogP contribution in [0.4, 0.5) is 0 Å². The Morgan fingerprint density at radius 2 is 1.83 bits per heavy atom. The Balaban J connectivity index is 1.58. The molecule has 0 aliphatic rings. The van der Waals surface area contributed by atoms with Crippen LogP contribution in [0.5, 0.6) is 0 Å². The number of carbonyl (C=O) groups is 2. The first-order chi connectivity index (χ1) is 14.1. The minimum absolute atomic E-state index is 0.206. The van der Waals surface area contributed by atoms with Crippen LogP contribution in [0.3, 0.4) is 0 Å². The molecule has 0 saturated carbocycles. The summed E-state index contributed by atoms with van der Waals surface area (Å²) in [7, 11) is 1.34. The number of esters is 1. The zero-order chi connectivity index (χ0) is 20.6. The van der Waals surface area contributed by atoms with Crippen LogP contribution in [-0.2, 0) is 22.4 Å². The van der Waals surface area contributed by atoms with Crippen molar-refractivity contribution in [1.82, 2.24) is 5.43 Å². The van der Waals surface area contributed by atoms with Gasteiger partial charge in [-0.15, -0.1) is 0 Å². The van der Waals surface area contributed by atoms with Crippen molar-refractivity contribution in [3.05, 3.63) is 83.1 Å². The van der Waals surface area contributed by atoms with Gasteiger partial charge in [-0.1, -0.05) is 43.3 Å². The monoisotopic (exact) mass is 390 g/mol. The van der Waals surface area contributed by atoms with Crippen molar-refractivity contribution in [3.63, 3.8) is 0 Å². The Morgan fingerprint density at radius 3 is 2.55 bits per heavy atom. The number of methoxy groups -OCH3 is 1. The lowest BCUT2D eigenvalue weighted by atomic mass is 10.1. The molecule has 3 rings (SSSR count). The summed E-state index contributed by atoms with van der Waals surface area (Å²) in [5.74, 6) is 0.450. The quantitative estimate of drug-likeness (QED) is 0.376. The van der Waals surface area contributed by atoms with E-state index in [0.717, 1.165) is 17.5 Å². The highest BCUT2D eigenvalue weighted by Crippen LogP contribution is 2.22. The molecule has 0 saturated heterocycles. The zero-order valence-corrected chi connectivity index (χ0v) is 16.3. The van der Waals surface area contributed by atoms with Crippen molar-refractivity contribution in [2.24, 2.45) is 5.10 Å². The van der Waals surface area contributed by atoms with Crippen molar-refractivity contribution >= 4 is 18.1 Å². The zero-order valence-electron chi connectivity index (χ0n) is 16.3. The number of rotatable bonds is 7. The molecule has 3 aromatic rings. The number of benzene rings is 2. The van der Waals surface area contributed by atoms with E-state index in [0.29, 0.717) is 17.1 Å². The number of nitrogens with zero attached hydrogens (tertiary/aromatic N) is 1. The second-order valence-electron chi connectivity index (χ2n) is 6.41. The third-order valence-corrected chi connectivity index (χ3v) is 4.37. The van der Waals surface area contributed by atoms with E-state index in [9.17, 15) is 9.59 Å². The maximum atomic E-state index is 12.0. The van der Waals surface area contributed by atoms with Gasteiger partial charge in [0.2, 0.25) is 5.91 Å². The summed E-state index contributed by atoms with van der Waals surface area (Å²) in [6.45, 7) is 2.09. The van der Waals surface area contributed by atoms with Gasteiger partial charge in [-0.2, -0.15) is 5.10 Å². The number of furan rings is 1. The molecule has 1 heterocycles. The summed E-state index contributed by atoms with van der Waals surface area (Å²) >= 11 is 0. The summed E-state index contributed by atoms with van der Waals surface area (Å²) in [5, 5.41) is 3.95. The Labute approximate surface area is 169 Å². The number of aryl methyl sites for hydroxylation is 1. The van der Waals surface area contributed by atoms with Crippen LogP contribution in [0.1, 0.15) is 34.2 Å². The molecule has 0 fully saturated rings. The van der Waals surface area contributed by atoms with Gasteiger partial charge in [0, 0.05) is 5.56 Å². The molecule has 6 nitrogen and oxygen atoms in total. The van der Waals surface area contributed by atoms with Gasteiger partial charge in [0.15, 0.2) is 0 Å². The average molecular weight is 390 g/mol. The molecule has 29 heavy (non-hydrogen) atoms. The third kappa shape index (κ3) is 5.42. The van der Waals surface area contributed by atoms with Crippen molar-refractivity contribution in [2.45, 2.75) is 19.8 Å². The summed E-state index contributed by atoms with van der Waals surface area (Å²) < 4.78 is 10.4. The summed E-state index contributed by atoms with van der Waals surface area (Å²) in [6.07, 6.45) is 2.66. The number of hydrogen-bond donors (Lipinski definition) is 1. The van der Waals surface area contributed by atoms with Gasteiger partial charge in [0.1, 0.15) is 11.5 Å². The van der Waals surface area contributed by atoms with Crippen LogP contribution in [0.25, 0.3) is 11.3 Å². The lowest BCUT2D eigenvalue weighted by Gasteiger charge is -2.02. The van der Waals surface area contributed by atoms with E-state index in [1.807, 2.05) is 30.3 Å². The van der Waals surface area contributed by atoms with E-state index < -0.39 is 5.97 Å². The van der Waals surface area contributed by atoms with Crippen molar-refractivity contribution < 1.29 is 18.7 Å². The minimum atomic E-state index is -0.410. The normalized spacial score (nSPS) is 10.8. The molecule has 0 bridgehead atoms. The van der Waals surface area contributed by atoms with Gasteiger partial charge in [0.05, 0.1) is 25.3 Å². The van der Waals surface area contributed by atoms with Gasteiger partial charge in [-0.05, 0) is 41.8 Å². The molecular formula is C23H22N2O4. The molecule has 0 unspecified atom stereocenters. The molecule has 0 aliphatic carbocycles. The second kappa shape index (κ2) is 9.50. The van der Waals surface area contributed by atoms with Gasteiger partial charge in [0.25, 0.3) is 0 Å². The van der Waals surface area contributed by atoms with Gasteiger partial charge in [-0.25, -0.2) is 10.2 Å². The topological polar surface area (TPSA) is 80.9 Å². The number of hydrogen-bond acceptors (Lipinski definition) is 5. The fourth-order valence-electron chi connectivity index (χ4n) is 2.78. The van der Waals surface area contributed by atoms with E-state index in [2.05, 4.69) is 17.5 Å². The molecule has 6 heteroatoms. The predicted molar refractivity (Wildman–Crippen MR) is 111 cm³/mol. The number of hydrazone groups is 1. The first kappa shape index (κ1) is 20.1. The van der Waals surface area contributed by atoms with E-state index in [4.69, 9.17) is 9.15 Å². The highest BCUT2D eigenvalue weighted by Gasteiger charge is 2.09. The van der Waals surface area contributed by atoms with Crippen LogP contribution in [0.15, 0.2) is 70.2 Å². The van der Waals surface area contributed by atoms with Crippen molar-refractivity contribution in [2.75, 3.05) is 7.11 Å². The molecule has 0 aliphatic heterocycles. The smallest absolute Gasteiger partial charge is 0.337 e. The summed E-state index contributed by atoms with van der Waals surface area (Å²) in [6, 6.07) is 18.4. The maximum absolute atomic E-state index is 12.0.